The molecule has 0 radical (unpaired) electrons. The molecule has 5 N–H and O–H groups in total. The van der Waals surface area contributed by atoms with Crippen LogP contribution in [0.15, 0.2) is 64.9 Å². The second-order valence-corrected chi connectivity index (χ2v) is 12.6. The van der Waals surface area contributed by atoms with Gasteiger partial charge in [0.1, 0.15) is 25.0 Å². The minimum absolute atomic E-state index is 0.0453. The second kappa shape index (κ2) is 15.5. The molecule has 0 saturated heterocycles. The molecular formula is C35H42N4O8. The summed E-state index contributed by atoms with van der Waals surface area (Å²) in [5.41, 5.74) is 4.66. The third kappa shape index (κ3) is 9.27. The zero-order chi connectivity index (χ0) is 34.1. The van der Waals surface area contributed by atoms with Gasteiger partial charge in [-0.2, -0.15) is 0 Å². The summed E-state index contributed by atoms with van der Waals surface area (Å²) >= 11 is 0. The third-order valence-corrected chi connectivity index (χ3v) is 8.28. The van der Waals surface area contributed by atoms with Crippen molar-refractivity contribution in [3.8, 4) is 11.1 Å². The normalized spacial score (nSPS) is 16.1. The Labute approximate surface area is 273 Å². The zero-order valence-electron chi connectivity index (χ0n) is 26.9. The highest BCUT2D eigenvalue weighted by Crippen LogP contribution is 2.44. The molecule has 2 aromatic carbocycles. The molecule has 47 heavy (non-hydrogen) atoms. The molecule has 4 rings (SSSR count). The number of aliphatic hydroxyl groups is 1. The van der Waals surface area contributed by atoms with Crippen LogP contribution < -0.4 is 16.0 Å². The van der Waals surface area contributed by atoms with E-state index in [1.54, 1.807) is 6.92 Å². The van der Waals surface area contributed by atoms with Gasteiger partial charge in [0, 0.05) is 31.0 Å². The fourth-order valence-corrected chi connectivity index (χ4v) is 6.06. The molecule has 0 spiro atoms. The average molecular weight is 647 g/mol. The van der Waals surface area contributed by atoms with Gasteiger partial charge in [-0.1, -0.05) is 62.4 Å². The average Bonchev–Trinajstić information content (AvgIpc) is 3.33. The Bertz CT molecular complexity index is 1550. The SMILES string of the molecule is CC(=NCCCC[C@H](NC(=O)OCC1c2ccccc2-c2ccccc21)C(=O)NCC(=O)NCC(=O)O)C1=C(O)CC(C)(C)CC1=O. The van der Waals surface area contributed by atoms with E-state index in [1.807, 2.05) is 62.4 Å². The Balaban J connectivity index is 1.35. The molecule has 250 valence electrons. The number of aliphatic imine (C=N–C) groups is 1. The number of alkyl carbamates (subject to hydrolysis) is 1. The fourth-order valence-electron chi connectivity index (χ4n) is 6.06. The van der Waals surface area contributed by atoms with E-state index < -0.39 is 43.0 Å². The number of nitrogens with one attached hydrogen (secondary N) is 3. The summed E-state index contributed by atoms with van der Waals surface area (Å²) in [6, 6.07) is 14.8. The number of hydrogen-bond donors (Lipinski definition) is 5. The van der Waals surface area contributed by atoms with Gasteiger partial charge in [0.05, 0.1) is 12.1 Å². The third-order valence-electron chi connectivity index (χ3n) is 8.28. The van der Waals surface area contributed by atoms with Crippen molar-refractivity contribution in [3.63, 3.8) is 0 Å². The van der Waals surface area contributed by atoms with Crippen LogP contribution in [0.4, 0.5) is 4.79 Å². The number of aliphatic hydroxyl groups excluding tert-OH is 1. The van der Waals surface area contributed by atoms with Crippen LogP contribution in [0.5, 0.6) is 0 Å². The summed E-state index contributed by atoms with van der Waals surface area (Å²) in [5.74, 6) is -2.81. The van der Waals surface area contributed by atoms with Crippen molar-refractivity contribution in [2.45, 2.75) is 64.8 Å². The number of amides is 3. The second-order valence-electron chi connectivity index (χ2n) is 12.6. The lowest BCUT2D eigenvalue weighted by Crippen LogP contribution is -2.49. The molecular weight excluding hydrogens is 604 g/mol. The predicted octanol–water partition coefficient (Wildman–Crippen LogP) is 4.04. The number of benzene rings is 2. The number of aliphatic carboxylic acids is 1. The number of carbonyl (C=O) groups is 5. The highest BCUT2D eigenvalue weighted by Gasteiger charge is 2.34. The number of allylic oxidation sites excluding steroid dienone is 2. The van der Waals surface area contributed by atoms with Crippen LogP contribution in [0.25, 0.3) is 11.1 Å². The van der Waals surface area contributed by atoms with E-state index in [0.717, 1.165) is 22.3 Å². The maximum atomic E-state index is 13.0. The predicted molar refractivity (Wildman–Crippen MR) is 175 cm³/mol. The summed E-state index contributed by atoms with van der Waals surface area (Å²) in [6.07, 6.45) is 1.09. The maximum Gasteiger partial charge on any atom is 0.407 e. The number of carboxylic acid groups (broad SMARTS) is 1. The first kappa shape index (κ1) is 34.9. The van der Waals surface area contributed by atoms with Crippen LogP contribution in [-0.2, 0) is 23.9 Å². The van der Waals surface area contributed by atoms with E-state index in [4.69, 9.17) is 9.84 Å². The van der Waals surface area contributed by atoms with Gasteiger partial charge in [0.25, 0.3) is 0 Å². The fraction of sp³-hybridized carbons (Fsp3) is 0.429. The summed E-state index contributed by atoms with van der Waals surface area (Å²) in [7, 11) is 0. The molecule has 12 heteroatoms. The number of Topliss-reactive ketones (excluding diaryl/α,β-unsaturated/α-hetero) is 1. The summed E-state index contributed by atoms with van der Waals surface area (Å²) in [5, 5.41) is 26.4. The van der Waals surface area contributed by atoms with Crippen LogP contribution in [0.2, 0.25) is 0 Å². The Morgan fingerprint density at radius 3 is 2.21 bits per heavy atom. The van der Waals surface area contributed by atoms with Crippen molar-refractivity contribution in [2.24, 2.45) is 10.4 Å². The molecule has 1 atom stereocenters. The summed E-state index contributed by atoms with van der Waals surface area (Å²) in [4.78, 5) is 65.8. The van der Waals surface area contributed by atoms with Gasteiger partial charge in [-0.3, -0.25) is 24.2 Å². The van der Waals surface area contributed by atoms with Crippen LogP contribution in [0.1, 0.15) is 69.9 Å². The van der Waals surface area contributed by atoms with Crippen molar-refractivity contribution < 1.29 is 38.9 Å². The largest absolute Gasteiger partial charge is 0.511 e. The van der Waals surface area contributed by atoms with Crippen LogP contribution in [0, 0.1) is 5.41 Å². The number of rotatable bonds is 14. The van der Waals surface area contributed by atoms with E-state index in [0.29, 0.717) is 37.9 Å². The van der Waals surface area contributed by atoms with Gasteiger partial charge in [0.15, 0.2) is 5.78 Å². The van der Waals surface area contributed by atoms with Crippen molar-refractivity contribution in [2.75, 3.05) is 26.2 Å². The quantitative estimate of drug-likeness (QED) is 0.150. The lowest BCUT2D eigenvalue weighted by Gasteiger charge is -2.29. The number of ether oxygens (including phenoxy) is 1. The minimum atomic E-state index is -1.22. The lowest BCUT2D eigenvalue weighted by molar-refractivity contribution is -0.137. The number of fused-ring (bicyclic) bond motifs is 3. The zero-order valence-corrected chi connectivity index (χ0v) is 26.9. The van der Waals surface area contributed by atoms with Crippen LogP contribution in [-0.4, -0.2) is 77.9 Å². The van der Waals surface area contributed by atoms with Gasteiger partial charge in [-0.15, -0.1) is 0 Å². The summed E-state index contributed by atoms with van der Waals surface area (Å²) in [6.45, 7) is 4.86. The monoisotopic (exact) mass is 646 g/mol. The van der Waals surface area contributed by atoms with E-state index in [9.17, 15) is 29.1 Å². The van der Waals surface area contributed by atoms with E-state index >= 15 is 0 Å². The topological polar surface area (TPSA) is 183 Å². The molecule has 2 aliphatic rings. The number of carboxylic acids is 1. The molecule has 3 amide bonds. The van der Waals surface area contributed by atoms with E-state index in [-0.39, 0.29) is 41.5 Å². The van der Waals surface area contributed by atoms with Gasteiger partial charge >= 0.3 is 12.1 Å². The number of nitrogens with zero attached hydrogens (tertiary/aromatic N) is 1. The van der Waals surface area contributed by atoms with Gasteiger partial charge in [0.2, 0.25) is 11.8 Å². The molecule has 2 aromatic rings. The summed E-state index contributed by atoms with van der Waals surface area (Å²) < 4.78 is 5.61. The highest BCUT2D eigenvalue weighted by molar-refractivity contribution is 6.22. The smallest absolute Gasteiger partial charge is 0.407 e. The van der Waals surface area contributed by atoms with Crippen molar-refractivity contribution in [1.29, 1.82) is 0 Å². The van der Waals surface area contributed by atoms with Crippen LogP contribution in [0.3, 0.4) is 0 Å². The minimum Gasteiger partial charge on any atom is -0.511 e. The number of ketones is 1. The molecule has 0 aliphatic heterocycles. The van der Waals surface area contributed by atoms with Gasteiger partial charge < -0.3 is 30.9 Å². The molecule has 0 aromatic heterocycles. The van der Waals surface area contributed by atoms with Gasteiger partial charge in [-0.25, -0.2) is 4.79 Å². The standard InChI is InChI=1S/C35H42N4O8/c1-21(32-28(40)16-35(2,3)17-29(32)41)36-15-9-8-14-27(33(45)38-18-30(42)37-19-31(43)44)39-34(46)47-20-26-24-12-6-4-10-22(24)23-11-5-7-13-25(23)26/h4-7,10-13,26-27,40H,8-9,14-20H2,1-3H3,(H,37,42)(H,38,45)(H,39,46)(H,43,44)/t27-/m0/s1. The first-order chi connectivity index (χ1) is 22.4. The van der Waals surface area contributed by atoms with Gasteiger partial charge in [-0.05, 0) is 53.9 Å². The molecule has 0 heterocycles. The Hall–Kier alpha value is -5.00. The maximum absolute atomic E-state index is 13.0. The lowest BCUT2D eigenvalue weighted by atomic mass is 9.76. The van der Waals surface area contributed by atoms with E-state index in [2.05, 4.69) is 20.9 Å². The molecule has 12 nitrogen and oxygen atoms in total. The Morgan fingerprint density at radius 2 is 1.60 bits per heavy atom. The Kier molecular flexibility index (Phi) is 11.5. The van der Waals surface area contributed by atoms with E-state index in [1.165, 1.54) is 0 Å². The van der Waals surface area contributed by atoms with Crippen LogP contribution >= 0.6 is 0 Å². The van der Waals surface area contributed by atoms with Crippen molar-refractivity contribution in [3.05, 3.63) is 71.0 Å². The number of hydrogen-bond acceptors (Lipinski definition) is 8. The number of carbonyl (C=O) groups excluding carboxylic acids is 4. The molecule has 0 saturated carbocycles. The molecule has 0 fully saturated rings. The van der Waals surface area contributed by atoms with Crippen molar-refractivity contribution >= 4 is 35.4 Å². The number of unbranched alkanes of at least 4 members (excludes halogenated alkanes) is 1. The van der Waals surface area contributed by atoms with Crippen molar-refractivity contribution in [1.82, 2.24) is 16.0 Å². The first-order valence-corrected chi connectivity index (χ1v) is 15.7. The Morgan fingerprint density at radius 1 is 0.957 bits per heavy atom. The first-order valence-electron chi connectivity index (χ1n) is 15.7. The highest BCUT2D eigenvalue weighted by atomic mass is 16.5. The molecule has 2 aliphatic carbocycles. The molecule has 0 bridgehead atoms. The molecule has 0 unspecified atom stereocenters.